The normalized spacial score (nSPS) is 16.3. The van der Waals surface area contributed by atoms with Gasteiger partial charge >= 0.3 is 0 Å². The highest BCUT2D eigenvalue weighted by molar-refractivity contribution is 6.05. The van der Waals surface area contributed by atoms with E-state index in [1.807, 2.05) is 78.9 Å². The summed E-state index contributed by atoms with van der Waals surface area (Å²) in [5.41, 5.74) is 4.37. The molecule has 0 aliphatic carbocycles. The Kier molecular flexibility index (Phi) is 6.05. The molecule has 3 aromatic carbocycles. The van der Waals surface area contributed by atoms with Crippen LogP contribution in [0.1, 0.15) is 17.0 Å². The van der Waals surface area contributed by atoms with Crippen LogP contribution < -0.4 is 10.1 Å². The standard InChI is InChI=1S/C30H24N4O4/c1-34-18-23(21-14-15-31-27(21)30(34)36)22-12-13-24-28(29(22)37-20-10-6-3-7-11-20)33-26(38-24)17-32-25(35)16-19-8-4-2-5-9-19/h2-15,18,27H,16-17H2,1H3,(H,32,35). The zero-order chi connectivity index (χ0) is 26.1. The molecular weight excluding hydrogens is 480 g/mol. The number of likely N-dealkylation sites (N-methyl/N-ethyl adjacent to an activating group) is 1. The molecule has 8 nitrogen and oxygen atoms in total. The Hall–Kier alpha value is -4.98. The van der Waals surface area contributed by atoms with E-state index in [9.17, 15) is 9.59 Å². The number of carbonyl (C=O) groups is 2. The molecule has 0 spiro atoms. The molecule has 188 valence electrons. The first kappa shape index (κ1) is 23.4. The van der Waals surface area contributed by atoms with E-state index in [4.69, 9.17) is 14.1 Å². The first-order valence-electron chi connectivity index (χ1n) is 12.3. The highest BCUT2D eigenvalue weighted by atomic mass is 16.5. The zero-order valence-electron chi connectivity index (χ0n) is 20.6. The van der Waals surface area contributed by atoms with E-state index in [-0.39, 0.29) is 24.8 Å². The van der Waals surface area contributed by atoms with E-state index in [0.717, 1.165) is 22.3 Å². The van der Waals surface area contributed by atoms with E-state index >= 15 is 0 Å². The van der Waals surface area contributed by atoms with Crippen molar-refractivity contribution in [1.82, 2.24) is 15.2 Å². The van der Waals surface area contributed by atoms with Crippen LogP contribution in [0.2, 0.25) is 0 Å². The minimum Gasteiger partial charge on any atom is -0.454 e. The smallest absolute Gasteiger partial charge is 0.255 e. The van der Waals surface area contributed by atoms with Crippen LogP contribution in [0, 0.1) is 0 Å². The Morgan fingerprint density at radius 1 is 1.05 bits per heavy atom. The Bertz CT molecular complexity index is 1620. The van der Waals surface area contributed by atoms with Crippen LogP contribution in [0.4, 0.5) is 0 Å². The summed E-state index contributed by atoms with van der Waals surface area (Å²) in [6.07, 6.45) is 5.58. The molecule has 0 fully saturated rings. The quantitative estimate of drug-likeness (QED) is 0.395. The van der Waals surface area contributed by atoms with Crippen LogP contribution in [-0.4, -0.2) is 41.0 Å². The molecule has 0 bridgehead atoms. The third-order valence-corrected chi connectivity index (χ3v) is 6.46. The summed E-state index contributed by atoms with van der Waals surface area (Å²) < 4.78 is 12.4. The van der Waals surface area contributed by atoms with E-state index in [1.54, 1.807) is 24.4 Å². The number of benzene rings is 3. The summed E-state index contributed by atoms with van der Waals surface area (Å²) in [4.78, 5) is 35.7. The number of fused-ring (bicyclic) bond motifs is 2. The van der Waals surface area contributed by atoms with Crippen LogP contribution in [0.3, 0.4) is 0 Å². The number of aliphatic imine (C=N–C) groups is 1. The van der Waals surface area contributed by atoms with Gasteiger partial charge in [0.15, 0.2) is 22.9 Å². The number of ether oxygens (including phenoxy) is 1. The Labute approximate surface area is 219 Å². The van der Waals surface area contributed by atoms with E-state index < -0.39 is 6.04 Å². The third-order valence-electron chi connectivity index (χ3n) is 6.46. The maximum absolute atomic E-state index is 12.7. The average molecular weight is 505 g/mol. The summed E-state index contributed by atoms with van der Waals surface area (Å²) in [6, 6.07) is 22.1. The predicted octanol–water partition coefficient (Wildman–Crippen LogP) is 4.67. The van der Waals surface area contributed by atoms with Gasteiger partial charge in [0.2, 0.25) is 11.8 Å². The summed E-state index contributed by atoms with van der Waals surface area (Å²) in [5.74, 6) is 1.29. The topological polar surface area (TPSA) is 97.0 Å². The van der Waals surface area contributed by atoms with Gasteiger partial charge in [-0.15, -0.1) is 0 Å². The van der Waals surface area contributed by atoms with Crippen molar-refractivity contribution in [3.63, 3.8) is 0 Å². The number of oxazole rings is 1. The van der Waals surface area contributed by atoms with Crippen LogP contribution in [0.25, 0.3) is 16.7 Å². The molecule has 38 heavy (non-hydrogen) atoms. The summed E-state index contributed by atoms with van der Waals surface area (Å²) >= 11 is 0. The monoisotopic (exact) mass is 504 g/mol. The van der Waals surface area contributed by atoms with E-state index in [1.165, 1.54) is 0 Å². The van der Waals surface area contributed by atoms with Crippen molar-refractivity contribution >= 4 is 34.7 Å². The number of amides is 2. The average Bonchev–Trinajstić information content (AvgIpc) is 3.59. The van der Waals surface area contributed by atoms with Gasteiger partial charge in [-0.1, -0.05) is 48.5 Å². The van der Waals surface area contributed by atoms with Crippen molar-refractivity contribution in [3.05, 3.63) is 108 Å². The SMILES string of the molecule is CN1C=C(c2ccc3oc(CNC(=O)Cc4ccccc4)nc3c2Oc2ccccc2)C2=CC=NC2C1=O. The molecule has 4 aromatic rings. The second kappa shape index (κ2) is 9.82. The van der Waals surface area contributed by atoms with Crippen molar-refractivity contribution in [1.29, 1.82) is 0 Å². The van der Waals surface area contributed by atoms with Gasteiger partial charge in [-0.2, -0.15) is 0 Å². The van der Waals surface area contributed by atoms with Crippen LogP contribution in [0.15, 0.2) is 100 Å². The molecule has 1 N–H and O–H groups in total. The Morgan fingerprint density at radius 3 is 2.61 bits per heavy atom. The number of carbonyl (C=O) groups excluding carboxylic acids is 2. The number of allylic oxidation sites excluding steroid dienone is 1. The van der Waals surface area contributed by atoms with Gasteiger partial charge in [0, 0.05) is 30.6 Å². The van der Waals surface area contributed by atoms with Crippen LogP contribution in [-0.2, 0) is 22.6 Å². The number of hydrogen-bond donors (Lipinski definition) is 1. The molecular formula is C30H24N4O4. The molecule has 8 heteroatoms. The minimum absolute atomic E-state index is 0.0877. The third kappa shape index (κ3) is 4.48. The maximum Gasteiger partial charge on any atom is 0.255 e. The lowest BCUT2D eigenvalue weighted by Gasteiger charge is -2.27. The summed E-state index contributed by atoms with van der Waals surface area (Å²) in [5, 5.41) is 2.88. The van der Waals surface area contributed by atoms with Crippen molar-refractivity contribution in [3.8, 4) is 11.5 Å². The highest BCUT2D eigenvalue weighted by Crippen LogP contribution is 2.42. The molecule has 1 atom stereocenters. The number of para-hydroxylation sites is 1. The van der Waals surface area contributed by atoms with E-state index in [0.29, 0.717) is 28.5 Å². The fraction of sp³-hybridized carbons (Fsp3) is 0.133. The molecule has 1 unspecified atom stereocenters. The molecule has 0 radical (unpaired) electrons. The highest BCUT2D eigenvalue weighted by Gasteiger charge is 2.35. The van der Waals surface area contributed by atoms with Gasteiger partial charge in [0.25, 0.3) is 5.91 Å². The molecule has 0 saturated carbocycles. The van der Waals surface area contributed by atoms with Gasteiger partial charge in [0.1, 0.15) is 5.75 Å². The van der Waals surface area contributed by atoms with Crippen molar-refractivity contribution < 1.29 is 18.7 Å². The van der Waals surface area contributed by atoms with Crippen molar-refractivity contribution in [2.45, 2.75) is 19.0 Å². The molecule has 2 aliphatic heterocycles. The molecule has 3 heterocycles. The molecule has 2 aliphatic rings. The van der Waals surface area contributed by atoms with Gasteiger partial charge in [-0.05, 0) is 41.5 Å². The van der Waals surface area contributed by atoms with Gasteiger partial charge in [0.05, 0.1) is 13.0 Å². The van der Waals surface area contributed by atoms with Gasteiger partial charge in [-0.25, -0.2) is 4.98 Å². The van der Waals surface area contributed by atoms with Crippen LogP contribution in [0.5, 0.6) is 11.5 Å². The largest absolute Gasteiger partial charge is 0.454 e. The number of nitrogens with zero attached hydrogens (tertiary/aromatic N) is 3. The summed E-state index contributed by atoms with van der Waals surface area (Å²) in [7, 11) is 1.72. The molecule has 1 aromatic heterocycles. The molecule has 0 saturated heterocycles. The number of aromatic nitrogens is 1. The fourth-order valence-corrected chi connectivity index (χ4v) is 4.60. The van der Waals surface area contributed by atoms with Crippen molar-refractivity contribution in [2.24, 2.45) is 4.99 Å². The number of nitrogens with one attached hydrogen (secondary N) is 1. The lowest BCUT2D eigenvalue weighted by atomic mass is 9.90. The predicted molar refractivity (Wildman–Crippen MR) is 144 cm³/mol. The second-order valence-corrected chi connectivity index (χ2v) is 9.07. The Balaban J connectivity index is 1.35. The lowest BCUT2D eigenvalue weighted by molar-refractivity contribution is -0.128. The number of hydrogen-bond acceptors (Lipinski definition) is 6. The first-order valence-corrected chi connectivity index (χ1v) is 12.3. The number of rotatable bonds is 7. The molecule has 2 amide bonds. The van der Waals surface area contributed by atoms with Crippen molar-refractivity contribution in [2.75, 3.05) is 7.05 Å². The zero-order valence-corrected chi connectivity index (χ0v) is 20.6. The van der Waals surface area contributed by atoms with Gasteiger partial charge < -0.3 is 19.4 Å². The maximum atomic E-state index is 12.7. The van der Waals surface area contributed by atoms with Gasteiger partial charge in [-0.3, -0.25) is 14.6 Å². The van der Waals surface area contributed by atoms with E-state index in [2.05, 4.69) is 10.3 Å². The molecule has 6 rings (SSSR count). The first-order chi connectivity index (χ1) is 18.6. The minimum atomic E-state index is -0.576. The second-order valence-electron chi connectivity index (χ2n) is 9.07. The Morgan fingerprint density at radius 2 is 1.82 bits per heavy atom. The lowest BCUT2D eigenvalue weighted by Crippen LogP contribution is -2.36. The fourth-order valence-electron chi connectivity index (χ4n) is 4.60. The van der Waals surface area contributed by atoms with Crippen LogP contribution >= 0.6 is 0 Å². The summed E-state index contributed by atoms with van der Waals surface area (Å²) in [6.45, 7) is 0.140.